The van der Waals surface area contributed by atoms with E-state index in [2.05, 4.69) is 0 Å². The van der Waals surface area contributed by atoms with Crippen LogP contribution in [-0.2, 0) is 17.8 Å². The Hall–Kier alpha value is -2.79. The van der Waals surface area contributed by atoms with E-state index < -0.39 is 0 Å². The first kappa shape index (κ1) is 19.5. The van der Waals surface area contributed by atoms with E-state index in [1.807, 2.05) is 59.5 Å². The zero-order valence-corrected chi connectivity index (χ0v) is 16.8. The number of para-hydroxylation sites is 1. The van der Waals surface area contributed by atoms with Gasteiger partial charge in [0, 0.05) is 17.9 Å². The maximum absolute atomic E-state index is 13.1. The molecule has 0 aromatic heterocycles. The molecule has 3 nitrogen and oxygen atoms in total. The SMILES string of the molecule is O=C(Cc1ccc(F)cc1)N1CCSC1c1ccccc1OCc1ccccc1. The number of hydrogen-bond donors (Lipinski definition) is 0. The van der Waals surface area contributed by atoms with Crippen LogP contribution in [0.5, 0.6) is 5.75 Å². The van der Waals surface area contributed by atoms with Gasteiger partial charge in [-0.1, -0.05) is 60.7 Å². The molecule has 1 fully saturated rings. The van der Waals surface area contributed by atoms with Crippen LogP contribution in [0.1, 0.15) is 22.1 Å². The molecule has 1 unspecified atom stereocenters. The van der Waals surface area contributed by atoms with Crippen molar-refractivity contribution in [3.8, 4) is 5.75 Å². The quantitative estimate of drug-likeness (QED) is 0.561. The Morgan fingerprint density at radius 2 is 1.69 bits per heavy atom. The molecular weight excluding hydrogens is 385 g/mol. The summed E-state index contributed by atoms with van der Waals surface area (Å²) in [5, 5.41) is -0.0741. The molecular formula is C24H22FNO2S. The smallest absolute Gasteiger partial charge is 0.228 e. The second-order valence-electron chi connectivity index (χ2n) is 6.93. The molecule has 4 rings (SSSR count). The van der Waals surface area contributed by atoms with Crippen molar-refractivity contribution in [1.29, 1.82) is 0 Å². The van der Waals surface area contributed by atoms with Gasteiger partial charge in [0.05, 0.1) is 6.42 Å². The summed E-state index contributed by atoms with van der Waals surface area (Å²) in [6.07, 6.45) is 0.268. The zero-order valence-electron chi connectivity index (χ0n) is 16.0. The van der Waals surface area contributed by atoms with Crippen LogP contribution in [0.25, 0.3) is 0 Å². The second-order valence-corrected chi connectivity index (χ2v) is 8.11. The van der Waals surface area contributed by atoms with E-state index in [1.165, 1.54) is 12.1 Å². The highest BCUT2D eigenvalue weighted by atomic mass is 32.2. The van der Waals surface area contributed by atoms with Crippen molar-refractivity contribution >= 4 is 17.7 Å². The Morgan fingerprint density at radius 3 is 2.48 bits per heavy atom. The third kappa shape index (κ3) is 4.80. The molecule has 3 aromatic rings. The van der Waals surface area contributed by atoms with Gasteiger partial charge in [-0.05, 0) is 29.3 Å². The van der Waals surface area contributed by atoms with Crippen LogP contribution < -0.4 is 4.74 Å². The average Bonchev–Trinajstić information content (AvgIpc) is 3.25. The minimum absolute atomic E-state index is 0.0458. The maximum Gasteiger partial charge on any atom is 0.228 e. The van der Waals surface area contributed by atoms with Gasteiger partial charge in [0.25, 0.3) is 0 Å². The molecule has 0 N–H and O–H groups in total. The number of thioether (sulfide) groups is 1. The molecule has 0 spiro atoms. The van der Waals surface area contributed by atoms with Crippen LogP contribution in [0.2, 0.25) is 0 Å². The van der Waals surface area contributed by atoms with E-state index in [-0.39, 0.29) is 23.5 Å². The van der Waals surface area contributed by atoms with E-state index >= 15 is 0 Å². The summed E-state index contributed by atoms with van der Waals surface area (Å²) < 4.78 is 19.2. The highest BCUT2D eigenvalue weighted by Gasteiger charge is 2.32. The number of hydrogen-bond acceptors (Lipinski definition) is 3. The fraction of sp³-hybridized carbons (Fsp3) is 0.208. The van der Waals surface area contributed by atoms with Crippen molar-refractivity contribution in [1.82, 2.24) is 4.90 Å². The molecule has 1 aliphatic rings. The lowest BCUT2D eigenvalue weighted by molar-refractivity contribution is -0.130. The van der Waals surface area contributed by atoms with Crippen molar-refractivity contribution in [3.63, 3.8) is 0 Å². The molecule has 5 heteroatoms. The highest BCUT2D eigenvalue weighted by Crippen LogP contribution is 2.42. The van der Waals surface area contributed by atoms with Crippen molar-refractivity contribution in [2.24, 2.45) is 0 Å². The van der Waals surface area contributed by atoms with E-state index in [4.69, 9.17) is 4.74 Å². The topological polar surface area (TPSA) is 29.5 Å². The van der Waals surface area contributed by atoms with E-state index in [9.17, 15) is 9.18 Å². The molecule has 3 aromatic carbocycles. The van der Waals surface area contributed by atoms with Gasteiger partial charge in [-0.2, -0.15) is 0 Å². The van der Waals surface area contributed by atoms with Crippen molar-refractivity contribution < 1.29 is 13.9 Å². The number of ether oxygens (including phenoxy) is 1. The standard InChI is InChI=1S/C24H22FNO2S/c25-20-12-10-18(11-13-20)16-23(27)26-14-15-29-24(26)21-8-4-5-9-22(21)28-17-19-6-2-1-3-7-19/h1-13,24H,14-17H2. The normalized spacial score (nSPS) is 16.0. The molecule has 0 bridgehead atoms. The minimum Gasteiger partial charge on any atom is -0.489 e. The number of amides is 1. The summed E-state index contributed by atoms with van der Waals surface area (Å²) in [6.45, 7) is 1.18. The first-order valence-corrected chi connectivity index (χ1v) is 10.7. The van der Waals surface area contributed by atoms with Gasteiger partial charge in [0.15, 0.2) is 0 Å². The molecule has 29 heavy (non-hydrogen) atoms. The first-order chi connectivity index (χ1) is 14.2. The van der Waals surface area contributed by atoms with Gasteiger partial charge >= 0.3 is 0 Å². The molecule has 0 saturated carbocycles. The van der Waals surface area contributed by atoms with Crippen LogP contribution in [0.15, 0.2) is 78.9 Å². The van der Waals surface area contributed by atoms with Crippen LogP contribution in [0, 0.1) is 5.82 Å². The third-order valence-electron chi connectivity index (χ3n) is 4.90. The van der Waals surface area contributed by atoms with Crippen LogP contribution >= 0.6 is 11.8 Å². The molecule has 1 atom stereocenters. The Bertz CT molecular complexity index is 962. The monoisotopic (exact) mass is 407 g/mol. The summed E-state index contributed by atoms with van der Waals surface area (Å²) in [5.74, 6) is 1.44. The number of rotatable bonds is 6. The summed E-state index contributed by atoms with van der Waals surface area (Å²) in [7, 11) is 0. The molecule has 1 heterocycles. The van der Waals surface area contributed by atoms with Gasteiger partial charge < -0.3 is 9.64 Å². The van der Waals surface area contributed by atoms with Gasteiger partial charge in [-0.25, -0.2) is 4.39 Å². The largest absolute Gasteiger partial charge is 0.489 e. The van der Waals surface area contributed by atoms with E-state index in [0.717, 1.165) is 28.2 Å². The summed E-state index contributed by atoms with van der Waals surface area (Å²) >= 11 is 1.75. The van der Waals surface area contributed by atoms with Crippen LogP contribution in [-0.4, -0.2) is 23.1 Å². The second kappa shape index (κ2) is 9.14. The van der Waals surface area contributed by atoms with Crippen molar-refractivity contribution in [2.75, 3.05) is 12.3 Å². The lowest BCUT2D eigenvalue weighted by atomic mass is 10.1. The van der Waals surface area contributed by atoms with E-state index in [0.29, 0.717) is 13.2 Å². The zero-order chi connectivity index (χ0) is 20.1. The number of carbonyl (C=O) groups excluding carboxylic acids is 1. The Labute approximate surface area is 174 Å². The number of carbonyl (C=O) groups is 1. The highest BCUT2D eigenvalue weighted by molar-refractivity contribution is 7.99. The minimum atomic E-state index is -0.291. The molecule has 1 saturated heterocycles. The summed E-state index contributed by atoms with van der Waals surface area (Å²) in [4.78, 5) is 14.9. The summed E-state index contributed by atoms with van der Waals surface area (Å²) in [5.41, 5.74) is 2.93. The number of benzene rings is 3. The fourth-order valence-corrected chi connectivity index (χ4v) is 4.72. The van der Waals surface area contributed by atoms with Crippen LogP contribution in [0.3, 0.4) is 0 Å². The lowest BCUT2D eigenvalue weighted by Gasteiger charge is -2.26. The fourth-order valence-electron chi connectivity index (χ4n) is 3.41. The number of halogens is 1. The molecule has 1 amide bonds. The van der Waals surface area contributed by atoms with Crippen molar-refractivity contribution in [2.45, 2.75) is 18.4 Å². The van der Waals surface area contributed by atoms with Gasteiger partial charge in [0.2, 0.25) is 5.91 Å². The Morgan fingerprint density at radius 1 is 0.966 bits per heavy atom. The molecule has 0 aliphatic carbocycles. The molecule has 148 valence electrons. The van der Waals surface area contributed by atoms with Crippen molar-refractivity contribution in [3.05, 3.63) is 101 Å². The third-order valence-corrected chi connectivity index (χ3v) is 6.14. The Kier molecular flexibility index (Phi) is 6.15. The predicted molar refractivity (Wildman–Crippen MR) is 114 cm³/mol. The van der Waals surface area contributed by atoms with Gasteiger partial charge in [-0.3, -0.25) is 4.79 Å². The van der Waals surface area contributed by atoms with Crippen LogP contribution in [0.4, 0.5) is 4.39 Å². The predicted octanol–water partition coefficient (Wildman–Crippen LogP) is 5.22. The van der Waals surface area contributed by atoms with Gasteiger partial charge in [0.1, 0.15) is 23.5 Å². The van der Waals surface area contributed by atoms with E-state index in [1.54, 1.807) is 23.9 Å². The Balaban J connectivity index is 1.49. The summed E-state index contributed by atoms with van der Waals surface area (Å²) in [6, 6.07) is 24.1. The average molecular weight is 408 g/mol. The molecule has 1 aliphatic heterocycles. The number of nitrogens with zero attached hydrogens (tertiary/aromatic N) is 1. The maximum atomic E-state index is 13.1. The lowest BCUT2D eigenvalue weighted by Crippen LogP contribution is -2.31. The first-order valence-electron chi connectivity index (χ1n) is 9.62. The molecule has 0 radical (unpaired) electrons. The van der Waals surface area contributed by atoms with Gasteiger partial charge in [-0.15, -0.1) is 11.8 Å².